The summed E-state index contributed by atoms with van der Waals surface area (Å²) in [6.07, 6.45) is -0.271. The van der Waals surface area contributed by atoms with E-state index in [9.17, 15) is 9.59 Å². The van der Waals surface area contributed by atoms with E-state index in [-0.39, 0.29) is 12.0 Å². The van der Waals surface area contributed by atoms with Gasteiger partial charge in [0.1, 0.15) is 5.60 Å². The summed E-state index contributed by atoms with van der Waals surface area (Å²) in [5.41, 5.74) is 1.37. The fourth-order valence-corrected chi connectivity index (χ4v) is 3.46. The first-order valence-corrected chi connectivity index (χ1v) is 8.58. The van der Waals surface area contributed by atoms with Gasteiger partial charge in [-0.25, -0.2) is 4.79 Å². The number of carbonyl (C=O) groups excluding carboxylic acids is 2. The Labute approximate surface area is 144 Å². The number of carbonyl (C=O) groups is 2. The van der Waals surface area contributed by atoms with E-state index in [4.69, 9.17) is 4.74 Å². The molecule has 0 atom stereocenters. The molecule has 23 heavy (non-hydrogen) atoms. The Balaban J connectivity index is 1.53. The van der Waals surface area contributed by atoms with Gasteiger partial charge in [0.2, 0.25) is 0 Å². The van der Waals surface area contributed by atoms with Crippen LogP contribution in [0.5, 0.6) is 0 Å². The monoisotopic (exact) mass is 380 g/mol. The smallest absolute Gasteiger partial charge is 0.410 e. The maximum Gasteiger partial charge on any atom is 0.410 e. The highest BCUT2D eigenvalue weighted by molar-refractivity contribution is 9.10. The number of halogens is 1. The highest BCUT2D eigenvalue weighted by Crippen LogP contribution is 2.31. The number of hydrogen-bond acceptors (Lipinski definition) is 3. The van der Waals surface area contributed by atoms with E-state index in [1.165, 1.54) is 0 Å². The predicted molar refractivity (Wildman–Crippen MR) is 90.2 cm³/mol. The fraction of sp³-hybridized carbons (Fsp3) is 0.529. The number of nitrogens with zero attached hydrogens (tertiary/aromatic N) is 2. The fourth-order valence-electron chi connectivity index (χ4n) is 2.97. The van der Waals surface area contributed by atoms with Crippen molar-refractivity contribution in [2.24, 2.45) is 5.92 Å². The van der Waals surface area contributed by atoms with Gasteiger partial charge in [0, 0.05) is 42.1 Å². The number of likely N-dealkylation sites (tertiary alicyclic amines) is 1. The Bertz CT molecular complexity index is 648. The molecule has 0 spiro atoms. The SMILES string of the molecule is CC(C)(C)OC(=O)N1CC(CN2Cc3c(Br)cccc3C2=O)C1. The number of benzene rings is 1. The predicted octanol–water partition coefficient (Wildman–Crippen LogP) is 3.27. The van der Waals surface area contributed by atoms with Crippen LogP contribution in [-0.4, -0.2) is 47.0 Å². The van der Waals surface area contributed by atoms with Crippen molar-refractivity contribution in [2.75, 3.05) is 19.6 Å². The van der Waals surface area contributed by atoms with Crippen LogP contribution in [0.15, 0.2) is 22.7 Å². The van der Waals surface area contributed by atoms with Gasteiger partial charge >= 0.3 is 6.09 Å². The lowest BCUT2D eigenvalue weighted by Gasteiger charge is -2.41. The summed E-state index contributed by atoms with van der Waals surface area (Å²) in [5.74, 6) is 0.400. The second-order valence-electron chi connectivity index (χ2n) is 7.20. The van der Waals surface area contributed by atoms with Crippen molar-refractivity contribution < 1.29 is 14.3 Å². The average Bonchev–Trinajstić information content (AvgIpc) is 2.70. The third kappa shape index (κ3) is 3.37. The van der Waals surface area contributed by atoms with E-state index in [2.05, 4.69) is 15.9 Å². The number of hydrogen-bond donors (Lipinski definition) is 0. The third-order valence-corrected chi connectivity index (χ3v) is 4.82. The molecule has 0 aliphatic carbocycles. The Morgan fingerprint density at radius 1 is 1.35 bits per heavy atom. The Kier molecular flexibility index (Phi) is 4.12. The highest BCUT2D eigenvalue weighted by atomic mass is 79.9. The van der Waals surface area contributed by atoms with Crippen LogP contribution in [0, 0.1) is 5.92 Å². The van der Waals surface area contributed by atoms with E-state index < -0.39 is 5.60 Å². The molecule has 2 heterocycles. The van der Waals surface area contributed by atoms with Crippen molar-refractivity contribution in [3.05, 3.63) is 33.8 Å². The number of fused-ring (bicyclic) bond motifs is 1. The molecule has 0 N–H and O–H groups in total. The third-order valence-electron chi connectivity index (χ3n) is 4.07. The number of ether oxygens (including phenoxy) is 1. The first kappa shape index (κ1) is 16.3. The normalized spacial score (nSPS) is 18.0. The molecule has 0 radical (unpaired) electrons. The Hall–Kier alpha value is -1.56. The lowest BCUT2D eigenvalue weighted by molar-refractivity contribution is -0.00540. The molecule has 1 aromatic rings. The van der Waals surface area contributed by atoms with Gasteiger partial charge in [-0.2, -0.15) is 0 Å². The van der Waals surface area contributed by atoms with Crippen LogP contribution in [0.3, 0.4) is 0 Å². The first-order chi connectivity index (χ1) is 10.7. The molecule has 0 unspecified atom stereocenters. The zero-order valence-corrected chi connectivity index (χ0v) is 15.2. The van der Waals surface area contributed by atoms with Crippen LogP contribution in [0.25, 0.3) is 0 Å². The maximum absolute atomic E-state index is 12.4. The minimum atomic E-state index is -0.471. The van der Waals surface area contributed by atoms with Crippen LogP contribution in [0.2, 0.25) is 0 Å². The summed E-state index contributed by atoms with van der Waals surface area (Å²) in [5, 5.41) is 0. The zero-order chi connectivity index (χ0) is 16.8. The Morgan fingerprint density at radius 2 is 2.04 bits per heavy atom. The second-order valence-corrected chi connectivity index (χ2v) is 8.06. The summed E-state index contributed by atoms with van der Waals surface area (Å²) < 4.78 is 6.33. The lowest BCUT2D eigenvalue weighted by Crippen LogP contribution is -2.54. The molecule has 5 nitrogen and oxygen atoms in total. The van der Waals surface area contributed by atoms with Crippen molar-refractivity contribution in [3.8, 4) is 0 Å². The number of rotatable bonds is 2. The summed E-state index contributed by atoms with van der Waals surface area (Å²) in [6, 6.07) is 5.72. The van der Waals surface area contributed by atoms with Gasteiger partial charge in [0.05, 0.1) is 0 Å². The first-order valence-electron chi connectivity index (χ1n) is 7.79. The van der Waals surface area contributed by atoms with Crippen LogP contribution in [0.4, 0.5) is 4.79 Å². The maximum atomic E-state index is 12.4. The van der Waals surface area contributed by atoms with Gasteiger partial charge in [-0.3, -0.25) is 4.79 Å². The van der Waals surface area contributed by atoms with Crippen molar-refractivity contribution in [3.63, 3.8) is 0 Å². The van der Waals surface area contributed by atoms with Crippen molar-refractivity contribution >= 4 is 27.9 Å². The molecular formula is C17H21BrN2O3. The summed E-state index contributed by atoms with van der Waals surface area (Å²) >= 11 is 3.51. The molecular weight excluding hydrogens is 360 g/mol. The molecule has 2 amide bonds. The van der Waals surface area contributed by atoms with Crippen molar-refractivity contribution in [1.82, 2.24) is 9.80 Å². The van der Waals surface area contributed by atoms with Gasteiger partial charge in [-0.05, 0) is 38.5 Å². The van der Waals surface area contributed by atoms with Crippen molar-refractivity contribution in [1.29, 1.82) is 0 Å². The Morgan fingerprint density at radius 3 is 2.65 bits per heavy atom. The van der Waals surface area contributed by atoms with Gasteiger partial charge in [-0.1, -0.05) is 22.0 Å². The van der Waals surface area contributed by atoms with E-state index >= 15 is 0 Å². The minimum absolute atomic E-state index is 0.0806. The van der Waals surface area contributed by atoms with Crippen LogP contribution >= 0.6 is 15.9 Å². The molecule has 1 aromatic carbocycles. The van der Waals surface area contributed by atoms with Crippen LogP contribution < -0.4 is 0 Å². The molecule has 0 saturated carbocycles. The van der Waals surface area contributed by atoms with E-state index in [1.54, 1.807) is 4.90 Å². The lowest BCUT2D eigenvalue weighted by atomic mass is 10.0. The molecule has 3 rings (SSSR count). The molecule has 2 aliphatic heterocycles. The summed E-state index contributed by atoms with van der Waals surface area (Å²) in [7, 11) is 0. The number of amides is 2. The average molecular weight is 381 g/mol. The quantitative estimate of drug-likeness (QED) is 0.790. The molecule has 1 fully saturated rings. The topological polar surface area (TPSA) is 49.9 Å². The van der Waals surface area contributed by atoms with Gasteiger partial charge in [-0.15, -0.1) is 0 Å². The zero-order valence-electron chi connectivity index (χ0n) is 13.6. The van der Waals surface area contributed by atoms with E-state index in [0.29, 0.717) is 32.1 Å². The minimum Gasteiger partial charge on any atom is -0.444 e. The van der Waals surface area contributed by atoms with Crippen LogP contribution in [0.1, 0.15) is 36.7 Å². The molecule has 2 aliphatic rings. The van der Waals surface area contributed by atoms with Crippen molar-refractivity contribution in [2.45, 2.75) is 32.9 Å². The van der Waals surface area contributed by atoms with E-state index in [0.717, 1.165) is 15.6 Å². The molecule has 124 valence electrons. The standard InChI is InChI=1S/C17H21BrN2O3/c1-17(2,3)23-16(22)20-8-11(9-20)7-19-10-13-12(15(19)21)5-4-6-14(13)18/h4-6,11H,7-10H2,1-3H3. The molecule has 0 aromatic heterocycles. The summed E-state index contributed by atoms with van der Waals surface area (Å²) in [4.78, 5) is 27.9. The van der Waals surface area contributed by atoms with E-state index in [1.807, 2.05) is 43.9 Å². The van der Waals surface area contributed by atoms with Gasteiger partial charge in [0.25, 0.3) is 5.91 Å². The van der Waals surface area contributed by atoms with Gasteiger partial charge in [0.15, 0.2) is 0 Å². The van der Waals surface area contributed by atoms with Crippen LogP contribution in [-0.2, 0) is 11.3 Å². The molecule has 6 heteroatoms. The molecule has 1 saturated heterocycles. The second kappa shape index (κ2) is 5.82. The highest BCUT2D eigenvalue weighted by Gasteiger charge is 2.37. The van der Waals surface area contributed by atoms with Gasteiger partial charge < -0.3 is 14.5 Å². The largest absolute Gasteiger partial charge is 0.444 e. The summed E-state index contributed by atoms with van der Waals surface area (Å²) in [6.45, 7) is 8.20. The molecule has 0 bridgehead atoms.